The average Bonchev–Trinajstić information content (AvgIpc) is 2.40. The number of carbonyl (C=O) groups excluding carboxylic acids is 1. The number of amides is 1. The third kappa shape index (κ3) is 5.74. The SMILES string of the molecule is CC(C)(C)OC(=O)N1CCN(CCCNC2CC(N)C2)CC1. The van der Waals surface area contributed by atoms with Crippen LogP contribution in [0.2, 0.25) is 0 Å². The molecule has 0 unspecified atom stereocenters. The minimum Gasteiger partial charge on any atom is -0.444 e. The number of nitrogens with zero attached hydrogens (tertiary/aromatic N) is 2. The zero-order valence-corrected chi connectivity index (χ0v) is 14.3. The van der Waals surface area contributed by atoms with Crippen LogP contribution in [0.3, 0.4) is 0 Å². The van der Waals surface area contributed by atoms with Crippen molar-refractivity contribution in [3.63, 3.8) is 0 Å². The Morgan fingerprint density at radius 1 is 1.23 bits per heavy atom. The van der Waals surface area contributed by atoms with E-state index in [1.165, 1.54) is 0 Å². The molecule has 1 heterocycles. The van der Waals surface area contributed by atoms with Crippen LogP contribution in [0.15, 0.2) is 0 Å². The second-order valence-corrected chi connectivity index (χ2v) is 7.55. The number of ether oxygens (including phenoxy) is 1. The smallest absolute Gasteiger partial charge is 0.410 e. The van der Waals surface area contributed by atoms with E-state index >= 15 is 0 Å². The van der Waals surface area contributed by atoms with Crippen molar-refractivity contribution in [2.24, 2.45) is 5.73 Å². The molecule has 1 saturated heterocycles. The molecule has 0 radical (unpaired) electrons. The first-order chi connectivity index (χ1) is 10.3. The van der Waals surface area contributed by atoms with Crippen molar-refractivity contribution in [2.75, 3.05) is 39.3 Å². The van der Waals surface area contributed by atoms with E-state index in [-0.39, 0.29) is 6.09 Å². The lowest BCUT2D eigenvalue weighted by atomic mass is 9.88. The van der Waals surface area contributed by atoms with Gasteiger partial charge in [-0.05, 0) is 53.1 Å². The molecule has 0 aromatic carbocycles. The molecule has 6 nitrogen and oxygen atoms in total. The maximum Gasteiger partial charge on any atom is 0.410 e. The third-order valence-corrected chi connectivity index (χ3v) is 4.28. The second kappa shape index (κ2) is 7.62. The molecule has 0 aromatic rings. The summed E-state index contributed by atoms with van der Waals surface area (Å²) in [7, 11) is 0. The van der Waals surface area contributed by atoms with E-state index in [1.54, 1.807) is 0 Å². The first-order valence-corrected chi connectivity index (χ1v) is 8.53. The van der Waals surface area contributed by atoms with Crippen molar-refractivity contribution in [3.8, 4) is 0 Å². The molecule has 3 N–H and O–H groups in total. The van der Waals surface area contributed by atoms with E-state index in [0.29, 0.717) is 12.1 Å². The molecular formula is C16H32N4O2. The molecule has 2 fully saturated rings. The van der Waals surface area contributed by atoms with Crippen LogP contribution in [-0.4, -0.2) is 72.8 Å². The van der Waals surface area contributed by atoms with Gasteiger partial charge in [-0.1, -0.05) is 0 Å². The van der Waals surface area contributed by atoms with Gasteiger partial charge in [0.1, 0.15) is 5.60 Å². The van der Waals surface area contributed by atoms with Crippen molar-refractivity contribution < 1.29 is 9.53 Å². The summed E-state index contributed by atoms with van der Waals surface area (Å²) >= 11 is 0. The number of nitrogens with two attached hydrogens (primary N) is 1. The largest absolute Gasteiger partial charge is 0.444 e. The van der Waals surface area contributed by atoms with Crippen LogP contribution in [0.4, 0.5) is 4.79 Å². The van der Waals surface area contributed by atoms with Gasteiger partial charge in [-0.2, -0.15) is 0 Å². The molecular weight excluding hydrogens is 280 g/mol. The summed E-state index contributed by atoms with van der Waals surface area (Å²) < 4.78 is 5.41. The molecule has 1 aliphatic carbocycles. The molecule has 22 heavy (non-hydrogen) atoms. The van der Waals surface area contributed by atoms with Gasteiger partial charge < -0.3 is 20.7 Å². The van der Waals surface area contributed by atoms with Crippen LogP contribution < -0.4 is 11.1 Å². The van der Waals surface area contributed by atoms with Gasteiger partial charge in [0.25, 0.3) is 0 Å². The first kappa shape index (κ1) is 17.5. The summed E-state index contributed by atoms with van der Waals surface area (Å²) in [6.45, 7) is 11.3. The van der Waals surface area contributed by atoms with E-state index in [9.17, 15) is 4.79 Å². The summed E-state index contributed by atoms with van der Waals surface area (Å²) in [5.74, 6) is 0. The highest BCUT2D eigenvalue weighted by Crippen LogP contribution is 2.17. The Morgan fingerprint density at radius 3 is 2.41 bits per heavy atom. The number of piperazine rings is 1. The van der Waals surface area contributed by atoms with Gasteiger partial charge in [-0.3, -0.25) is 4.90 Å². The van der Waals surface area contributed by atoms with Gasteiger partial charge in [-0.25, -0.2) is 4.79 Å². The zero-order chi connectivity index (χ0) is 16.2. The fourth-order valence-corrected chi connectivity index (χ4v) is 2.92. The molecule has 1 aliphatic heterocycles. The predicted octanol–water partition coefficient (Wildman–Crippen LogP) is 1.01. The number of hydrogen-bond donors (Lipinski definition) is 2. The van der Waals surface area contributed by atoms with Gasteiger partial charge in [0.05, 0.1) is 0 Å². The fraction of sp³-hybridized carbons (Fsp3) is 0.938. The summed E-state index contributed by atoms with van der Waals surface area (Å²) in [4.78, 5) is 16.2. The quantitative estimate of drug-likeness (QED) is 0.741. The van der Waals surface area contributed by atoms with E-state index < -0.39 is 5.60 Å². The molecule has 1 saturated carbocycles. The van der Waals surface area contributed by atoms with E-state index in [0.717, 1.165) is 58.5 Å². The molecule has 6 heteroatoms. The molecule has 2 rings (SSSR count). The van der Waals surface area contributed by atoms with Crippen molar-refractivity contribution in [2.45, 2.75) is 57.7 Å². The Morgan fingerprint density at radius 2 is 1.86 bits per heavy atom. The Balaban J connectivity index is 1.54. The highest BCUT2D eigenvalue weighted by atomic mass is 16.6. The average molecular weight is 312 g/mol. The first-order valence-electron chi connectivity index (χ1n) is 8.53. The Labute approximate surface area is 134 Å². The van der Waals surface area contributed by atoms with E-state index in [1.807, 2.05) is 25.7 Å². The highest BCUT2D eigenvalue weighted by molar-refractivity contribution is 5.68. The summed E-state index contributed by atoms with van der Waals surface area (Å²) in [5, 5.41) is 3.55. The standard InChI is InChI=1S/C16H32N4O2/c1-16(2,3)22-15(21)20-9-7-19(8-10-20)6-4-5-18-14-11-13(17)12-14/h13-14,18H,4-12,17H2,1-3H3. The van der Waals surface area contributed by atoms with Crippen LogP contribution in [0.1, 0.15) is 40.0 Å². The van der Waals surface area contributed by atoms with Crippen molar-refractivity contribution in [3.05, 3.63) is 0 Å². The molecule has 0 spiro atoms. The van der Waals surface area contributed by atoms with E-state index in [4.69, 9.17) is 10.5 Å². The molecule has 128 valence electrons. The normalized spacial score (nSPS) is 26.6. The van der Waals surface area contributed by atoms with Gasteiger partial charge in [-0.15, -0.1) is 0 Å². The van der Waals surface area contributed by atoms with Crippen molar-refractivity contribution in [1.29, 1.82) is 0 Å². The Hall–Kier alpha value is -0.850. The third-order valence-electron chi connectivity index (χ3n) is 4.28. The lowest BCUT2D eigenvalue weighted by molar-refractivity contribution is 0.0144. The maximum absolute atomic E-state index is 12.0. The maximum atomic E-state index is 12.0. The predicted molar refractivity (Wildman–Crippen MR) is 87.9 cm³/mol. The van der Waals surface area contributed by atoms with Crippen LogP contribution in [0, 0.1) is 0 Å². The summed E-state index contributed by atoms with van der Waals surface area (Å²) in [5.41, 5.74) is 5.36. The van der Waals surface area contributed by atoms with Gasteiger partial charge in [0.2, 0.25) is 0 Å². The van der Waals surface area contributed by atoms with Crippen LogP contribution in [0.5, 0.6) is 0 Å². The number of hydrogen-bond acceptors (Lipinski definition) is 5. The molecule has 0 atom stereocenters. The second-order valence-electron chi connectivity index (χ2n) is 7.55. The van der Waals surface area contributed by atoms with Gasteiger partial charge in [0.15, 0.2) is 0 Å². The minimum atomic E-state index is -0.413. The number of rotatable bonds is 5. The molecule has 2 aliphatic rings. The fourth-order valence-electron chi connectivity index (χ4n) is 2.92. The van der Waals surface area contributed by atoms with Crippen LogP contribution >= 0.6 is 0 Å². The zero-order valence-electron chi connectivity index (χ0n) is 14.3. The number of carbonyl (C=O) groups is 1. The number of nitrogens with one attached hydrogen (secondary N) is 1. The van der Waals surface area contributed by atoms with E-state index in [2.05, 4.69) is 10.2 Å². The summed E-state index contributed by atoms with van der Waals surface area (Å²) in [6, 6.07) is 1.05. The van der Waals surface area contributed by atoms with Crippen molar-refractivity contribution in [1.82, 2.24) is 15.1 Å². The molecule has 0 bridgehead atoms. The summed E-state index contributed by atoms with van der Waals surface area (Å²) in [6.07, 6.45) is 3.21. The van der Waals surface area contributed by atoms with Crippen LogP contribution in [0.25, 0.3) is 0 Å². The monoisotopic (exact) mass is 312 g/mol. The lowest BCUT2D eigenvalue weighted by Crippen LogP contribution is -2.51. The minimum absolute atomic E-state index is 0.185. The Kier molecular flexibility index (Phi) is 6.06. The Bertz CT molecular complexity index is 356. The molecule has 1 amide bonds. The lowest BCUT2D eigenvalue weighted by Gasteiger charge is -2.36. The molecule has 0 aromatic heterocycles. The van der Waals surface area contributed by atoms with Crippen LogP contribution in [-0.2, 0) is 4.74 Å². The highest BCUT2D eigenvalue weighted by Gasteiger charge is 2.26. The van der Waals surface area contributed by atoms with Gasteiger partial charge >= 0.3 is 6.09 Å². The topological polar surface area (TPSA) is 70.8 Å². The van der Waals surface area contributed by atoms with Gasteiger partial charge in [0, 0.05) is 38.3 Å². The van der Waals surface area contributed by atoms with Crippen molar-refractivity contribution >= 4 is 6.09 Å².